The third-order valence-corrected chi connectivity index (χ3v) is 5.21. The predicted octanol–water partition coefficient (Wildman–Crippen LogP) is 3.93. The van der Waals surface area contributed by atoms with E-state index >= 15 is 0 Å². The van der Waals surface area contributed by atoms with Gasteiger partial charge in [0.15, 0.2) is 5.96 Å². The maximum Gasteiger partial charge on any atom is 0.226 e. The van der Waals surface area contributed by atoms with Gasteiger partial charge in [-0.25, -0.2) is 4.98 Å². The zero-order chi connectivity index (χ0) is 22.6. The van der Waals surface area contributed by atoms with Crippen LogP contribution in [-0.2, 0) is 13.1 Å². The molecule has 0 atom stereocenters. The van der Waals surface area contributed by atoms with Crippen LogP contribution in [0.5, 0.6) is 5.75 Å². The van der Waals surface area contributed by atoms with Gasteiger partial charge in [0.25, 0.3) is 0 Å². The highest BCUT2D eigenvalue weighted by atomic mass is 16.5. The number of para-hydroxylation sites is 1. The highest BCUT2D eigenvalue weighted by Crippen LogP contribution is 2.19. The van der Waals surface area contributed by atoms with Crippen molar-refractivity contribution in [2.45, 2.75) is 26.9 Å². The summed E-state index contributed by atoms with van der Waals surface area (Å²) in [7, 11) is 1.75. The maximum atomic E-state index is 6.05. The molecular weight excluding hydrogens is 402 g/mol. The van der Waals surface area contributed by atoms with E-state index in [9.17, 15) is 0 Å². The van der Waals surface area contributed by atoms with Gasteiger partial charge in [-0.1, -0.05) is 50.2 Å². The van der Waals surface area contributed by atoms with Gasteiger partial charge in [-0.05, 0) is 31.3 Å². The number of rotatable bonds is 11. The second kappa shape index (κ2) is 12.5. The maximum absolute atomic E-state index is 6.05. The lowest BCUT2D eigenvalue weighted by Crippen LogP contribution is -2.36. The first-order valence-electron chi connectivity index (χ1n) is 11.1. The molecule has 0 aliphatic rings. The van der Waals surface area contributed by atoms with E-state index in [-0.39, 0.29) is 0 Å². The molecule has 3 rings (SSSR count). The van der Waals surface area contributed by atoms with Crippen LogP contribution in [0, 0.1) is 0 Å². The molecule has 0 radical (unpaired) electrons. The number of aliphatic imine (C=N–C) groups is 1. The summed E-state index contributed by atoms with van der Waals surface area (Å²) in [5.74, 6) is 2.19. The molecule has 0 aliphatic carbocycles. The smallest absolute Gasteiger partial charge is 0.226 e. The summed E-state index contributed by atoms with van der Waals surface area (Å²) < 4.78 is 11.6. The van der Waals surface area contributed by atoms with Gasteiger partial charge in [-0.2, -0.15) is 0 Å². The summed E-state index contributed by atoms with van der Waals surface area (Å²) in [6.07, 6.45) is 1.67. The van der Waals surface area contributed by atoms with Crippen LogP contribution >= 0.6 is 0 Å². The molecule has 2 N–H and O–H groups in total. The van der Waals surface area contributed by atoms with Crippen LogP contribution in [-0.4, -0.2) is 49.1 Å². The third-order valence-electron chi connectivity index (χ3n) is 5.21. The summed E-state index contributed by atoms with van der Waals surface area (Å²) in [5, 5.41) is 6.63. The molecule has 2 aromatic carbocycles. The van der Waals surface area contributed by atoms with Crippen molar-refractivity contribution < 1.29 is 9.15 Å². The number of nitrogens with zero attached hydrogens (tertiary/aromatic N) is 3. The van der Waals surface area contributed by atoms with Crippen LogP contribution in [0.3, 0.4) is 0 Å². The number of nitrogens with one attached hydrogen (secondary N) is 2. The van der Waals surface area contributed by atoms with E-state index in [2.05, 4.69) is 45.4 Å². The zero-order valence-electron chi connectivity index (χ0n) is 19.2. The van der Waals surface area contributed by atoms with Crippen molar-refractivity contribution in [3.8, 4) is 17.2 Å². The Hall–Kier alpha value is -3.32. The molecule has 0 bridgehead atoms. The molecule has 1 heterocycles. The SMILES string of the molecule is CCN(CC)CCOc1ccccc1CNC(=NC)NCc1coc(-c2ccccc2)n1. The Morgan fingerprint density at radius 3 is 2.47 bits per heavy atom. The van der Waals surface area contributed by atoms with E-state index in [0.717, 1.165) is 42.2 Å². The van der Waals surface area contributed by atoms with Crippen molar-refractivity contribution >= 4 is 5.96 Å². The normalized spacial score (nSPS) is 11.6. The third kappa shape index (κ3) is 6.85. The van der Waals surface area contributed by atoms with Crippen LogP contribution in [0.25, 0.3) is 11.5 Å². The Kier molecular flexibility index (Phi) is 9.13. The van der Waals surface area contributed by atoms with E-state index in [4.69, 9.17) is 9.15 Å². The summed E-state index contributed by atoms with van der Waals surface area (Å²) in [5.41, 5.74) is 2.86. The number of oxazole rings is 1. The second-order valence-corrected chi connectivity index (χ2v) is 7.27. The number of hydrogen-bond acceptors (Lipinski definition) is 5. The molecular formula is C25H33N5O2. The highest BCUT2D eigenvalue weighted by Gasteiger charge is 2.09. The van der Waals surface area contributed by atoms with Crippen LogP contribution in [0.4, 0.5) is 0 Å². The molecule has 0 aliphatic heterocycles. The van der Waals surface area contributed by atoms with Gasteiger partial charge in [0, 0.05) is 31.3 Å². The van der Waals surface area contributed by atoms with Crippen molar-refractivity contribution in [3.63, 3.8) is 0 Å². The van der Waals surface area contributed by atoms with E-state index in [0.29, 0.717) is 31.5 Å². The van der Waals surface area contributed by atoms with Gasteiger partial charge in [0.1, 0.15) is 18.6 Å². The van der Waals surface area contributed by atoms with Crippen LogP contribution in [0.1, 0.15) is 25.1 Å². The first-order chi connectivity index (χ1) is 15.7. The van der Waals surface area contributed by atoms with Gasteiger partial charge >= 0.3 is 0 Å². The van der Waals surface area contributed by atoms with E-state index in [1.165, 1.54) is 0 Å². The fourth-order valence-corrected chi connectivity index (χ4v) is 3.29. The van der Waals surface area contributed by atoms with E-state index < -0.39 is 0 Å². The highest BCUT2D eigenvalue weighted by molar-refractivity contribution is 5.79. The number of guanidine groups is 1. The molecule has 32 heavy (non-hydrogen) atoms. The molecule has 0 spiro atoms. The van der Waals surface area contributed by atoms with Crippen LogP contribution in [0.15, 0.2) is 70.3 Å². The largest absolute Gasteiger partial charge is 0.492 e. The summed E-state index contributed by atoms with van der Waals surface area (Å²) in [6.45, 7) is 9.10. The number of aromatic nitrogens is 1. The molecule has 1 aromatic heterocycles. The molecule has 0 unspecified atom stereocenters. The second-order valence-electron chi connectivity index (χ2n) is 7.27. The Morgan fingerprint density at radius 1 is 1.00 bits per heavy atom. The van der Waals surface area contributed by atoms with Crippen molar-refractivity contribution in [1.82, 2.24) is 20.5 Å². The zero-order valence-corrected chi connectivity index (χ0v) is 19.2. The van der Waals surface area contributed by atoms with Gasteiger partial charge in [-0.15, -0.1) is 0 Å². The molecule has 0 amide bonds. The van der Waals surface area contributed by atoms with Crippen molar-refractivity contribution in [2.24, 2.45) is 4.99 Å². The fraction of sp³-hybridized carbons (Fsp3) is 0.360. The molecule has 0 fully saturated rings. The van der Waals surface area contributed by atoms with Crippen LogP contribution < -0.4 is 15.4 Å². The van der Waals surface area contributed by atoms with Gasteiger partial charge < -0.3 is 24.7 Å². The number of hydrogen-bond donors (Lipinski definition) is 2. The van der Waals surface area contributed by atoms with Crippen molar-refractivity contribution in [3.05, 3.63) is 72.1 Å². The van der Waals surface area contributed by atoms with Crippen molar-refractivity contribution in [1.29, 1.82) is 0 Å². The minimum Gasteiger partial charge on any atom is -0.492 e. The minimum atomic E-state index is 0.512. The lowest BCUT2D eigenvalue weighted by Gasteiger charge is -2.19. The average Bonchev–Trinajstić information content (AvgIpc) is 3.32. The van der Waals surface area contributed by atoms with Gasteiger partial charge in [0.05, 0.1) is 12.2 Å². The number of ether oxygens (including phenoxy) is 1. The molecule has 7 heteroatoms. The van der Waals surface area contributed by atoms with E-state index in [1.54, 1.807) is 13.3 Å². The average molecular weight is 436 g/mol. The predicted molar refractivity (Wildman–Crippen MR) is 129 cm³/mol. The van der Waals surface area contributed by atoms with Crippen LogP contribution in [0.2, 0.25) is 0 Å². The summed E-state index contributed by atoms with van der Waals surface area (Å²) >= 11 is 0. The first kappa shape index (κ1) is 23.3. The van der Waals surface area contributed by atoms with Crippen molar-refractivity contribution in [2.75, 3.05) is 33.3 Å². The Balaban J connectivity index is 1.50. The Morgan fingerprint density at radius 2 is 1.72 bits per heavy atom. The molecule has 3 aromatic rings. The monoisotopic (exact) mass is 435 g/mol. The number of likely N-dealkylation sites (N-methyl/N-ethyl adjacent to an activating group) is 1. The first-order valence-corrected chi connectivity index (χ1v) is 11.1. The van der Waals surface area contributed by atoms with Gasteiger partial charge in [0.2, 0.25) is 5.89 Å². The Labute approximate surface area is 190 Å². The quantitative estimate of drug-likeness (QED) is 0.351. The lowest BCUT2D eigenvalue weighted by molar-refractivity contribution is 0.221. The lowest BCUT2D eigenvalue weighted by atomic mass is 10.2. The molecule has 7 nitrogen and oxygen atoms in total. The van der Waals surface area contributed by atoms with E-state index in [1.807, 2.05) is 48.5 Å². The molecule has 170 valence electrons. The van der Waals surface area contributed by atoms with Gasteiger partial charge in [-0.3, -0.25) is 4.99 Å². The topological polar surface area (TPSA) is 74.9 Å². The summed E-state index contributed by atoms with van der Waals surface area (Å²) in [6, 6.07) is 18.0. The molecule has 0 saturated heterocycles. The molecule has 0 saturated carbocycles. The fourth-order valence-electron chi connectivity index (χ4n) is 3.29. The Bertz CT molecular complexity index is 967. The minimum absolute atomic E-state index is 0.512. The number of benzene rings is 2. The summed E-state index contributed by atoms with van der Waals surface area (Å²) in [4.78, 5) is 11.2. The standard InChI is InChI=1S/C25H33N5O2/c1-4-30(5-2)15-16-31-23-14-10-9-13-21(23)17-27-25(26-3)28-18-22-19-32-24(29-22)20-11-7-6-8-12-20/h6-14,19H,4-5,15-18H2,1-3H3,(H2,26,27,28).